The first-order valence-electron chi connectivity index (χ1n) is 13.7. The number of hydrogen-bond acceptors (Lipinski definition) is 5. The van der Waals surface area contributed by atoms with Crippen molar-refractivity contribution < 1.29 is 9.52 Å². The van der Waals surface area contributed by atoms with Gasteiger partial charge < -0.3 is 9.52 Å². The van der Waals surface area contributed by atoms with E-state index in [2.05, 4.69) is 22.6 Å². The van der Waals surface area contributed by atoms with Crippen LogP contribution in [0, 0.1) is 17.4 Å². The molecule has 0 fully saturated rings. The van der Waals surface area contributed by atoms with Crippen molar-refractivity contribution >= 4 is 67.7 Å². The molecule has 0 bridgehead atoms. The van der Waals surface area contributed by atoms with Crippen molar-refractivity contribution in [3.8, 4) is 45.1 Å². The van der Waals surface area contributed by atoms with Gasteiger partial charge in [-0.2, -0.15) is 5.10 Å². The van der Waals surface area contributed by atoms with Gasteiger partial charge in [0.15, 0.2) is 0 Å². The number of aromatic hydroxyl groups is 1. The van der Waals surface area contributed by atoms with Gasteiger partial charge in [-0.05, 0) is 96.1 Å². The fraction of sp³-hybridized carbons (Fsp3) is 0.0571. The van der Waals surface area contributed by atoms with E-state index in [1.165, 1.54) is 0 Å². The molecule has 216 valence electrons. The van der Waals surface area contributed by atoms with Crippen LogP contribution in [0.5, 0.6) is 5.75 Å². The zero-order chi connectivity index (χ0) is 30.7. The number of benzene rings is 4. The molecule has 0 saturated heterocycles. The van der Waals surface area contributed by atoms with E-state index in [1.54, 1.807) is 28.9 Å². The molecule has 0 aliphatic carbocycles. The van der Waals surface area contributed by atoms with E-state index in [4.69, 9.17) is 37.7 Å². The van der Waals surface area contributed by atoms with Crippen molar-refractivity contribution in [1.82, 2.24) is 14.8 Å². The van der Waals surface area contributed by atoms with Crippen molar-refractivity contribution in [2.24, 2.45) is 0 Å². The van der Waals surface area contributed by atoms with Crippen LogP contribution >= 0.6 is 45.8 Å². The molecular weight excluding hydrogens is 708 g/mol. The van der Waals surface area contributed by atoms with E-state index < -0.39 is 5.63 Å². The molecule has 0 radical (unpaired) electrons. The number of hydrogen-bond donors (Lipinski definition) is 1. The zero-order valence-corrected chi connectivity index (χ0v) is 27.1. The Kier molecular flexibility index (Phi) is 7.19. The summed E-state index contributed by atoms with van der Waals surface area (Å²) in [6, 6.07) is 26.3. The van der Waals surface area contributed by atoms with Gasteiger partial charge in [0, 0.05) is 43.9 Å². The average molecular weight is 730 g/mol. The van der Waals surface area contributed by atoms with Gasteiger partial charge in [-0.15, -0.1) is 0 Å². The van der Waals surface area contributed by atoms with Gasteiger partial charge in [-0.3, -0.25) is 0 Å². The Morgan fingerprint density at radius 3 is 2.39 bits per heavy atom. The smallest absolute Gasteiger partial charge is 0.346 e. The summed E-state index contributed by atoms with van der Waals surface area (Å²) < 4.78 is 8.29. The summed E-state index contributed by atoms with van der Waals surface area (Å²) in [4.78, 5) is 18.8. The maximum absolute atomic E-state index is 13.8. The number of para-hydroxylation sites is 1. The highest BCUT2D eigenvalue weighted by Crippen LogP contribution is 2.43. The van der Waals surface area contributed by atoms with Crippen LogP contribution in [-0.4, -0.2) is 19.9 Å². The van der Waals surface area contributed by atoms with E-state index in [0.717, 1.165) is 22.4 Å². The first-order valence-corrected chi connectivity index (χ1v) is 15.5. The number of pyridine rings is 1. The highest BCUT2D eigenvalue weighted by molar-refractivity contribution is 14.1. The van der Waals surface area contributed by atoms with E-state index >= 15 is 0 Å². The van der Waals surface area contributed by atoms with Gasteiger partial charge in [-0.1, -0.05) is 59.6 Å². The summed E-state index contributed by atoms with van der Waals surface area (Å²) in [7, 11) is 0. The normalized spacial score (nSPS) is 11.5. The van der Waals surface area contributed by atoms with Gasteiger partial charge in [-0.25, -0.2) is 14.5 Å². The van der Waals surface area contributed by atoms with Crippen LogP contribution in [0.15, 0.2) is 100 Å². The number of rotatable bonds is 4. The number of phenols is 1. The predicted octanol–water partition coefficient (Wildman–Crippen LogP) is 9.76. The summed E-state index contributed by atoms with van der Waals surface area (Å²) in [6.07, 6.45) is 1.89. The van der Waals surface area contributed by atoms with Crippen molar-refractivity contribution in [3.05, 3.63) is 126 Å². The minimum Gasteiger partial charge on any atom is -0.506 e. The molecule has 0 amide bonds. The molecule has 0 unspecified atom stereocenters. The van der Waals surface area contributed by atoms with E-state index in [-0.39, 0.29) is 5.75 Å². The first-order chi connectivity index (χ1) is 21.2. The Balaban J connectivity index is 1.63. The van der Waals surface area contributed by atoms with Gasteiger partial charge in [0.2, 0.25) is 0 Å². The zero-order valence-electron chi connectivity index (χ0n) is 23.4. The molecule has 7 aromatic rings. The van der Waals surface area contributed by atoms with Crippen molar-refractivity contribution in [2.75, 3.05) is 0 Å². The number of nitrogens with zero attached hydrogens (tertiary/aromatic N) is 3. The number of phenolic OH excluding ortho intramolecular Hbond substituents is 1. The number of aryl methyl sites for hydroxylation is 1. The molecular formula is C35H22Cl2IN3O3. The summed E-state index contributed by atoms with van der Waals surface area (Å²) in [5, 5.41) is 18.3. The van der Waals surface area contributed by atoms with Crippen molar-refractivity contribution in [1.29, 1.82) is 0 Å². The Labute approximate surface area is 275 Å². The topological polar surface area (TPSA) is 81.2 Å². The maximum atomic E-state index is 13.8. The fourth-order valence-electron chi connectivity index (χ4n) is 5.36. The van der Waals surface area contributed by atoms with Crippen LogP contribution < -0.4 is 5.63 Å². The molecule has 4 aromatic carbocycles. The number of halogens is 3. The average Bonchev–Trinajstić information content (AvgIpc) is 3.47. The SMILES string of the molecule is Cc1ccc2c(c1)oc(=O)c1c(-c3cn(-c4ccccc4)nc3-c3ccc(Cl)cc3)cc(-c3cc(Cl)c(C)c(I)c3O)nc12. The summed E-state index contributed by atoms with van der Waals surface area (Å²) >= 11 is 14.9. The highest BCUT2D eigenvalue weighted by Gasteiger charge is 2.24. The number of fused-ring (bicyclic) bond motifs is 3. The molecule has 1 N–H and O–H groups in total. The Bertz CT molecular complexity index is 2310. The van der Waals surface area contributed by atoms with Crippen LogP contribution in [0.25, 0.3) is 61.2 Å². The quantitative estimate of drug-likeness (QED) is 0.111. The summed E-state index contributed by atoms with van der Waals surface area (Å²) in [5.74, 6) is 0.0614. The Hall–Kier alpha value is -4.18. The van der Waals surface area contributed by atoms with Crippen LogP contribution in [0.1, 0.15) is 11.1 Å². The van der Waals surface area contributed by atoms with Crippen LogP contribution in [-0.2, 0) is 0 Å². The molecule has 0 atom stereocenters. The third kappa shape index (κ3) is 4.85. The minimum atomic E-state index is -0.526. The van der Waals surface area contributed by atoms with Gasteiger partial charge in [0.1, 0.15) is 17.0 Å². The van der Waals surface area contributed by atoms with Gasteiger partial charge in [0.25, 0.3) is 0 Å². The Morgan fingerprint density at radius 1 is 0.886 bits per heavy atom. The molecule has 0 aliphatic rings. The van der Waals surface area contributed by atoms with E-state index in [0.29, 0.717) is 63.6 Å². The van der Waals surface area contributed by atoms with Gasteiger partial charge in [0.05, 0.1) is 25.9 Å². The molecule has 3 aromatic heterocycles. The maximum Gasteiger partial charge on any atom is 0.346 e. The summed E-state index contributed by atoms with van der Waals surface area (Å²) in [5.41, 5.74) is 6.48. The molecule has 0 aliphatic heterocycles. The van der Waals surface area contributed by atoms with E-state index in [9.17, 15) is 9.90 Å². The second-order valence-corrected chi connectivity index (χ2v) is 12.5. The third-order valence-corrected chi connectivity index (χ3v) is 9.62. The minimum absolute atomic E-state index is 0.0614. The van der Waals surface area contributed by atoms with Crippen LogP contribution in [0.3, 0.4) is 0 Å². The second kappa shape index (κ2) is 11.1. The van der Waals surface area contributed by atoms with Crippen molar-refractivity contribution in [3.63, 3.8) is 0 Å². The van der Waals surface area contributed by atoms with Gasteiger partial charge >= 0.3 is 5.63 Å². The number of aromatic nitrogens is 3. The standard InChI is InChI=1S/C35H22Cl2IN3O3/c1-18-8-13-23-29(14-18)44-35(43)30-24(16-28(39-33(23)30)25-15-27(37)19(2)31(38)34(25)42)26-17-41(22-6-4-3-5-7-22)40-32(26)20-9-11-21(36)12-10-20/h3-17,42H,1-2H3. The molecule has 9 heteroatoms. The third-order valence-electron chi connectivity index (χ3n) is 7.66. The van der Waals surface area contributed by atoms with Crippen LogP contribution in [0.4, 0.5) is 0 Å². The second-order valence-electron chi connectivity index (χ2n) is 10.5. The largest absolute Gasteiger partial charge is 0.506 e. The molecule has 6 nitrogen and oxygen atoms in total. The highest BCUT2D eigenvalue weighted by atomic mass is 127. The molecule has 3 heterocycles. The lowest BCUT2D eigenvalue weighted by atomic mass is 9.95. The lowest BCUT2D eigenvalue weighted by Gasteiger charge is -2.14. The monoisotopic (exact) mass is 729 g/mol. The fourth-order valence-corrected chi connectivity index (χ4v) is 6.43. The molecule has 0 spiro atoms. The lowest BCUT2D eigenvalue weighted by molar-refractivity contribution is 0.473. The van der Waals surface area contributed by atoms with Crippen molar-refractivity contribution in [2.45, 2.75) is 13.8 Å². The predicted molar refractivity (Wildman–Crippen MR) is 185 cm³/mol. The lowest BCUT2D eigenvalue weighted by Crippen LogP contribution is -2.05. The summed E-state index contributed by atoms with van der Waals surface area (Å²) in [6.45, 7) is 3.79. The molecule has 44 heavy (non-hydrogen) atoms. The van der Waals surface area contributed by atoms with E-state index in [1.807, 2.05) is 80.7 Å². The van der Waals surface area contributed by atoms with Crippen LogP contribution in [0.2, 0.25) is 10.0 Å². The first kappa shape index (κ1) is 28.6. The molecule has 7 rings (SSSR count). The molecule has 0 saturated carbocycles. The Morgan fingerprint density at radius 2 is 1.64 bits per heavy atom.